The van der Waals surface area contributed by atoms with Crippen molar-refractivity contribution in [1.29, 1.82) is 0 Å². The molecule has 1 amide bonds. The quantitative estimate of drug-likeness (QED) is 0.243. The minimum absolute atomic E-state index is 0.0487. The first-order chi connectivity index (χ1) is 19.4. The molecular formula is C27H26F3N3O7P+. The van der Waals surface area contributed by atoms with E-state index in [9.17, 15) is 22.5 Å². The number of phosphoric ester groups is 1. The third kappa shape index (κ3) is 5.53. The summed E-state index contributed by atoms with van der Waals surface area (Å²) in [4.78, 5) is 32.3. The standard InChI is InChI=1S/C27H25F3N3O7P/c1-15-11-31(13-32(15)14-40-41(35,36)37)22-5-4-17(10-24(22)38-3)16(2)27-23-7-6-21(33(23)25(34)12-39-27)18-8-19(28)26(30)20(29)9-18/h4-6,8-11,13,23H,7,12,14H2,1-3H3,(H-,35,36,37)/p+1/t23-/m1/s1. The lowest BCUT2D eigenvalue weighted by molar-refractivity contribution is -0.730. The number of halogens is 3. The van der Waals surface area contributed by atoms with E-state index in [-0.39, 0.29) is 24.6 Å². The number of imidazole rings is 1. The highest BCUT2D eigenvalue weighted by molar-refractivity contribution is 7.46. The maximum atomic E-state index is 13.9. The molecule has 216 valence electrons. The largest absolute Gasteiger partial charge is 0.492 e. The highest BCUT2D eigenvalue weighted by atomic mass is 31.2. The van der Waals surface area contributed by atoms with Crippen LogP contribution in [0.2, 0.25) is 0 Å². The molecule has 0 saturated carbocycles. The molecule has 2 N–H and O–H groups in total. The van der Waals surface area contributed by atoms with Crippen molar-refractivity contribution in [3.05, 3.63) is 89.0 Å². The number of hydrogen-bond donors (Lipinski definition) is 2. The lowest BCUT2D eigenvalue weighted by Crippen LogP contribution is -2.44. The van der Waals surface area contributed by atoms with Gasteiger partial charge < -0.3 is 19.3 Å². The van der Waals surface area contributed by atoms with Gasteiger partial charge in [0.05, 0.1) is 13.2 Å². The Morgan fingerprint density at radius 2 is 1.90 bits per heavy atom. The van der Waals surface area contributed by atoms with E-state index in [0.717, 1.165) is 17.7 Å². The first kappa shape index (κ1) is 28.6. The van der Waals surface area contributed by atoms with E-state index < -0.39 is 37.2 Å². The lowest BCUT2D eigenvalue weighted by atomic mass is 9.99. The molecule has 3 aromatic rings. The van der Waals surface area contributed by atoms with Crippen molar-refractivity contribution in [3.8, 4) is 11.4 Å². The molecule has 0 aliphatic carbocycles. The van der Waals surface area contributed by atoms with Crippen molar-refractivity contribution < 1.29 is 50.9 Å². The van der Waals surface area contributed by atoms with E-state index in [1.165, 1.54) is 16.6 Å². The minimum atomic E-state index is -4.65. The van der Waals surface area contributed by atoms with Crippen molar-refractivity contribution in [3.63, 3.8) is 0 Å². The monoisotopic (exact) mass is 592 g/mol. The topological polar surface area (TPSA) is 114 Å². The summed E-state index contributed by atoms with van der Waals surface area (Å²) in [7, 11) is -3.15. The van der Waals surface area contributed by atoms with Gasteiger partial charge in [-0.2, -0.15) is 4.57 Å². The van der Waals surface area contributed by atoms with Gasteiger partial charge in [0.2, 0.25) is 6.73 Å². The van der Waals surface area contributed by atoms with Crippen molar-refractivity contribution in [2.45, 2.75) is 33.0 Å². The molecule has 0 spiro atoms. The highest BCUT2D eigenvalue weighted by Crippen LogP contribution is 2.40. The summed E-state index contributed by atoms with van der Waals surface area (Å²) in [6.07, 6.45) is 5.34. The fourth-order valence-electron chi connectivity index (χ4n) is 4.97. The van der Waals surface area contributed by atoms with Gasteiger partial charge in [-0.1, -0.05) is 12.1 Å². The van der Waals surface area contributed by atoms with Crippen LogP contribution in [0.3, 0.4) is 0 Å². The second kappa shape index (κ2) is 10.8. The molecule has 10 nitrogen and oxygen atoms in total. The predicted octanol–water partition coefficient (Wildman–Crippen LogP) is 3.97. The van der Waals surface area contributed by atoms with Crippen LogP contribution in [-0.2, 0) is 25.4 Å². The van der Waals surface area contributed by atoms with Crippen LogP contribution in [0.1, 0.15) is 30.2 Å². The maximum absolute atomic E-state index is 13.9. The summed E-state index contributed by atoms with van der Waals surface area (Å²) >= 11 is 0. The number of aromatic nitrogens is 2. The molecular weight excluding hydrogens is 566 g/mol. The zero-order valence-electron chi connectivity index (χ0n) is 22.2. The normalized spacial score (nSPS) is 18.2. The Hall–Kier alpha value is -3.90. The SMILES string of the molecule is COc1cc(C(C)=C2OCC(=O)N3C(c4cc(F)c(F)c(F)c4)=CC[C@H]23)ccc1-n1cc(C)[n+](COP(=O)(O)O)c1. The van der Waals surface area contributed by atoms with E-state index in [1.807, 2.05) is 13.0 Å². The van der Waals surface area contributed by atoms with Crippen molar-refractivity contribution in [2.24, 2.45) is 0 Å². The first-order valence-electron chi connectivity index (χ1n) is 12.4. The van der Waals surface area contributed by atoms with Gasteiger partial charge in [-0.25, -0.2) is 26.8 Å². The fourth-order valence-corrected chi connectivity index (χ4v) is 5.25. The summed E-state index contributed by atoms with van der Waals surface area (Å²) in [6.45, 7) is 2.93. The smallest absolute Gasteiger partial charge is 0.472 e. The Morgan fingerprint density at radius 3 is 2.56 bits per heavy atom. The number of fused-ring (bicyclic) bond motifs is 1. The summed E-state index contributed by atoms with van der Waals surface area (Å²) in [6, 6.07) is 6.56. The Bertz CT molecular complexity index is 1640. The summed E-state index contributed by atoms with van der Waals surface area (Å²) in [5.41, 5.74) is 3.07. The van der Waals surface area contributed by atoms with Gasteiger partial charge in [-0.3, -0.25) is 9.69 Å². The van der Waals surface area contributed by atoms with Crippen molar-refractivity contribution >= 4 is 25.0 Å². The number of aryl methyl sites for hydroxylation is 1. The van der Waals surface area contributed by atoms with Crippen molar-refractivity contribution in [1.82, 2.24) is 9.47 Å². The number of morpholine rings is 1. The van der Waals surface area contributed by atoms with Crippen LogP contribution >= 0.6 is 7.82 Å². The molecule has 14 heteroatoms. The number of rotatable bonds is 7. The van der Waals surface area contributed by atoms with Gasteiger partial charge in [-0.05, 0) is 48.7 Å². The van der Waals surface area contributed by atoms with Gasteiger partial charge in [0.1, 0.15) is 17.6 Å². The average Bonchev–Trinajstić information content (AvgIpc) is 3.54. The van der Waals surface area contributed by atoms with Crippen LogP contribution in [0.5, 0.6) is 5.75 Å². The molecule has 2 aliphatic heterocycles. The average molecular weight is 592 g/mol. The fraction of sp³-hybridized carbons (Fsp3) is 0.259. The molecule has 0 radical (unpaired) electrons. The van der Waals surface area contributed by atoms with E-state index in [2.05, 4.69) is 4.52 Å². The number of hydrogen-bond acceptors (Lipinski definition) is 5. The molecule has 3 heterocycles. The number of carbonyl (C=O) groups excluding carboxylic acids is 1. The third-order valence-corrected chi connectivity index (χ3v) is 7.43. The zero-order valence-corrected chi connectivity index (χ0v) is 23.1. The molecule has 1 saturated heterocycles. The van der Waals surface area contributed by atoms with E-state index in [4.69, 9.17) is 19.3 Å². The van der Waals surface area contributed by atoms with Gasteiger partial charge in [0, 0.05) is 18.2 Å². The number of amides is 1. The van der Waals surface area contributed by atoms with Gasteiger partial charge in [0.25, 0.3) is 12.2 Å². The van der Waals surface area contributed by atoms with Crippen molar-refractivity contribution in [2.75, 3.05) is 13.7 Å². The number of benzene rings is 2. The Balaban J connectivity index is 1.45. The lowest BCUT2D eigenvalue weighted by Gasteiger charge is -2.35. The number of methoxy groups -OCH3 is 1. The highest BCUT2D eigenvalue weighted by Gasteiger charge is 2.40. The Kier molecular flexibility index (Phi) is 7.56. The van der Waals surface area contributed by atoms with E-state index in [0.29, 0.717) is 34.9 Å². The van der Waals surface area contributed by atoms with Crippen LogP contribution in [0.15, 0.2) is 54.7 Å². The molecule has 5 rings (SSSR count). The molecule has 1 atom stereocenters. The number of phosphoric acid groups is 1. The van der Waals surface area contributed by atoms with Crippen LogP contribution in [0.25, 0.3) is 17.0 Å². The van der Waals surface area contributed by atoms with E-state index >= 15 is 0 Å². The molecule has 1 fully saturated rings. The molecule has 0 bridgehead atoms. The zero-order chi connectivity index (χ0) is 29.6. The van der Waals surface area contributed by atoms with Crippen LogP contribution < -0.4 is 9.30 Å². The van der Waals surface area contributed by atoms with Crippen LogP contribution in [-0.4, -0.2) is 44.9 Å². The molecule has 41 heavy (non-hydrogen) atoms. The minimum Gasteiger partial charge on any atom is -0.492 e. The molecule has 0 unspecified atom stereocenters. The van der Waals surface area contributed by atoms with E-state index in [1.54, 1.807) is 42.2 Å². The predicted molar refractivity (Wildman–Crippen MR) is 138 cm³/mol. The summed E-state index contributed by atoms with van der Waals surface area (Å²) in [5, 5.41) is 0. The second-order valence-corrected chi connectivity index (χ2v) is 10.8. The van der Waals surface area contributed by atoms with Gasteiger partial charge in [-0.15, -0.1) is 0 Å². The van der Waals surface area contributed by atoms with Gasteiger partial charge in [0.15, 0.2) is 35.5 Å². The third-order valence-electron chi connectivity index (χ3n) is 6.98. The first-order valence-corrected chi connectivity index (χ1v) is 13.9. The number of nitrogens with zero attached hydrogens (tertiary/aromatic N) is 3. The van der Waals surface area contributed by atoms with Crippen LogP contribution in [0.4, 0.5) is 13.2 Å². The second-order valence-electron chi connectivity index (χ2n) is 9.53. The van der Waals surface area contributed by atoms with Crippen LogP contribution in [0, 0.1) is 24.4 Å². The van der Waals surface area contributed by atoms with Gasteiger partial charge >= 0.3 is 7.82 Å². The maximum Gasteiger partial charge on any atom is 0.472 e. The Labute approximate surface area is 232 Å². The number of allylic oxidation sites excluding steroid dienone is 1. The molecule has 2 aromatic carbocycles. The number of ether oxygens (including phenoxy) is 2. The summed E-state index contributed by atoms with van der Waals surface area (Å²) < 4.78 is 71.8. The Morgan fingerprint density at radius 1 is 1.20 bits per heavy atom. The molecule has 2 aliphatic rings. The number of carbonyl (C=O) groups is 1. The molecule has 1 aromatic heterocycles. The summed E-state index contributed by atoms with van der Waals surface area (Å²) in [5.74, 6) is -3.69.